The van der Waals surface area contributed by atoms with Crippen LogP contribution in [0.2, 0.25) is 0 Å². The molecule has 2 fully saturated rings. The molecule has 0 bridgehead atoms. The molecule has 0 saturated carbocycles. The first-order chi connectivity index (χ1) is 10.6. The van der Waals surface area contributed by atoms with Gasteiger partial charge in [0.05, 0.1) is 0 Å². The molecule has 116 valence electrons. The number of carbonyl (C=O) groups excluding carboxylic acids is 2. The summed E-state index contributed by atoms with van der Waals surface area (Å²) in [5.74, 6) is -0.851. The highest BCUT2D eigenvalue weighted by Crippen LogP contribution is 2.39. The molecule has 2 aliphatic heterocycles. The van der Waals surface area contributed by atoms with Gasteiger partial charge in [-0.2, -0.15) is 0 Å². The highest BCUT2D eigenvalue weighted by atomic mass is 32.2. The highest BCUT2D eigenvalue weighted by molar-refractivity contribution is 8.00. The van der Waals surface area contributed by atoms with E-state index in [1.807, 2.05) is 6.07 Å². The molecule has 0 radical (unpaired) electrons. The molecule has 2 N–H and O–H groups in total. The molecule has 0 aromatic heterocycles. The van der Waals surface area contributed by atoms with Gasteiger partial charge in [-0.3, -0.25) is 9.59 Å². The number of benzene rings is 1. The maximum atomic E-state index is 12.0. The van der Waals surface area contributed by atoms with Crippen LogP contribution in [-0.4, -0.2) is 57.6 Å². The van der Waals surface area contributed by atoms with Crippen LogP contribution >= 0.6 is 11.8 Å². The number of amides is 2. The Kier molecular flexibility index (Phi) is 3.93. The minimum Gasteiger partial charge on any atom is -0.484 e. The second kappa shape index (κ2) is 5.88. The average molecular weight is 322 g/mol. The second-order valence-electron chi connectivity index (χ2n) is 4.97. The van der Waals surface area contributed by atoms with Crippen LogP contribution in [0.1, 0.15) is 0 Å². The molecule has 1 unspecified atom stereocenters. The van der Waals surface area contributed by atoms with E-state index in [-0.39, 0.29) is 17.9 Å². The third-order valence-corrected chi connectivity index (χ3v) is 4.90. The van der Waals surface area contributed by atoms with Crippen molar-refractivity contribution in [2.24, 2.45) is 0 Å². The zero-order chi connectivity index (χ0) is 15.7. The van der Waals surface area contributed by atoms with Gasteiger partial charge in [0.25, 0.3) is 5.91 Å². The summed E-state index contributed by atoms with van der Waals surface area (Å²) in [6.07, 6.45) is 0. The van der Waals surface area contributed by atoms with Crippen molar-refractivity contribution in [3.63, 3.8) is 0 Å². The van der Waals surface area contributed by atoms with Gasteiger partial charge in [0.1, 0.15) is 23.2 Å². The molecule has 0 spiro atoms. The lowest BCUT2D eigenvalue weighted by molar-refractivity contribution is -0.159. The Labute approximate surface area is 130 Å². The first kappa shape index (κ1) is 14.7. The van der Waals surface area contributed by atoms with Crippen LogP contribution in [0.4, 0.5) is 0 Å². The molecule has 2 aliphatic rings. The van der Waals surface area contributed by atoms with Crippen LogP contribution in [0.15, 0.2) is 30.3 Å². The Balaban J connectivity index is 1.51. The van der Waals surface area contributed by atoms with Crippen LogP contribution in [-0.2, 0) is 14.4 Å². The van der Waals surface area contributed by atoms with Crippen molar-refractivity contribution >= 4 is 29.5 Å². The maximum Gasteiger partial charge on any atom is 0.327 e. The summed E-state index contributed by atoms with van der Waals surface area (Å²) in [5, 5.41) is 11.3. The van der Waals surface area contributed by atoms with E-state index < -0.39 is 24.0 Å². The van der Waals surface area contributed by atoms with Gasteiger partial charge in [-0.05, 0) is 12.1 Å². The van der Waals surface area contributed by atoms with E-state index in [2.05, 4.69) is 5.32 Å². The van der Waals surface area contributed by atoms with Gasteiger partial charge in [0.15, 0.2) is 6.61 Å². The number of rotatable bonds is 5. The Morgan fingerprint density at radius 2 is 2.09 bits per heavy atom. The van der Waals surface area contributed by atoms with E-state index in [9.17, 15) is 14.4 Å². The van der Waals surface area contributed by atoms with Crippen LogP contribution in [0.5, 0.6) is 5.75 Å². The molecule has 1 aromatic rings. The van der Waals surface area contributed by atoms with E-state index in [0.717, 1.165) is 0 Å². The topological polar surface area (TPSA) is 95.9 Å². The Bertz CT molecular complexity index is 609. The molecule has 7 nitrogen and oxygen atoms in total. The molecular formula is C14H14N2O5S. The van der Waals surface area contributed by atoms with E-state index in [1.54, 1.807) is 24.3 Å². The molecule has 2 heterocycles. The van der Waals surface area contributed by atoms with Crippen molar-refractivity contribution in [2.45, 2.75) is 17.5 Å². The fraction of sp³-hybridized carbons (Fsp3) is 0.357. The number of nitrogens with one attached hydrogen (secondary N) is 1. The first-order valence-electron chi connectivity index (χ1n) is 6.72. The predicted molar refractivity (Wildman–Crippen MR) is 78.4 cm³/mol. The smallest absolute Gasteiger partial charge is 0.327 e. The number of hydrogen-bond donors (Lipinski definition) is 2. The largest absolute Gasteiger partial charge is 0.484 e. The highest BCUT2D eigenvalue weighted by Gasteiger charge is 2.57. The summed E-state index contributed by atoms with van der Waals surface area (Å²) < 4.78 is 5.31. The number of ether oxygens (including phenoxy) is 1. The van der Waals surface area contributed by atoms with Gasteiger partial charge < -0.3 is 20.1 Å². The van der Waals surface area contributed by atoms with E-state index in [0.29, 0.717) is 11.5 Å². The summed E-state index contributed by atoms with van der Waals surface area (Å²) in [5.41, 5.74) is 0. The second-order valence-corrected chi connectivity index (χ2v) is 6.12. The van der Waals surface area contributed by atoms with Gasteiger partial charge in [-0.1, -0.05) is 18.2 Å². The van der Waals surface area contributed by atoms with Crippen molar-refractivity contribution < 1.29 is 24.2 Å². The van der Waals surface area contributed by atoms with E-state index in [4.69, 9.17) is 9.84 Å². The molecule has 8 heteroatoms. The molecule has 22 heavy (non-hydrogen) atoms. The number of hydrogen-bond acceptors (Lipinski definition) is 5. The lowest BCUT2D eigenvalue weighted by Crippen LogP contribution is -2.70. The van der Waals surface area contributed by atoms with E-state index in [1.165, 1.54) is 16.7 Å². The Hall–Kier alpha value is -2.22. The van der Waals surface area contributed by atoms with Gasteiger partial charge in [0, 0.05) is 5.75 Å². The normalized spacial score (nSPS) is 26.1. The maximum absolute atomic E-state index is 12.0. The first-order valence-corrected chi connectivity index (χ1v) is 7.76. The molecule has 2 amide bonds. The summed E-state index contributed by atoms with van der Waals surface area (Å²) in [6, 6.07) is 7.42. The van der Waals surface area contributed by atoms with Crippen LogP contribution < -0.4 is 10.1 Å². The number of fused-ring (bicyclic) bond motifs is 1. The van der Waals surface area contributed by atoms with Crippen LogP contribution in [0.3, 0.4) is 0 Å². The summed E-state index contributed by atoms with van der Waals surface area (Å²) in [7, 11) is 0. The summed E-state index contributed by atoms with van der Waals surface area (Å²) in [6.45, 7) is -0.187. The van der Waals surface area contributed by atoms with Gasteiger partial charge in [0.2, 0.25) is 5.91 Å². The lowest BCUT2D eigenvalue weighted by Gasteiger charge is -2.43. The number of carboxylic acids is 1. The SMILES string of the molecule is O=C(COc1ccccc1)N[C@@H]1C(=O)N2C(C(=O)O)CS[C@@H]12. The minimum absolute atomic E-state index is 0.187. The quantitative estimate of drug-likeness (QED) is 0.736. The number of aliphatic carboxylic acids is 1. The zero-order valence-electron chi connectivity index (χ0n) is 11.5. The van der Waals surface area contributed by atoms with Crippen molar-refractivity contribution in [3.8, 4) is 5.75 Å². The average Bonchev–Trinajstić information content (AvgIpc) is 2.92. The molecule has 1 aromatic carbocycles. The molecular weight excluding hydrogens is 308 g/mol. The Morgan fingerprint density at radius 3 is 2.77 bits per heavy atom. The number of β-lactam (4-membered cyclic amide) rings is 1. The standard InChI is InChI=1S/C14H14N2O5S/c17-10(6-21-8-4-2-1-3-5-8)15-11-12(18)16-9(14(19)20)7-22-13(11)16/h1-5,9,11,13H,6-7H2,(H,15,17)(H,19,20)/t9?,11-,13+/m1/s1. The number of thioether (sulfide) groups is 1. The Morgan fingerprint density at radius 1 is 1.36 bits per heavy atom. The molecule has 0 aliphatic carbocycles. The molecule has 3 rings (SSSR count). The summed E-state index contributed by atoms with van der Waals surface area (Å²) >= 11 is 1.37. The van der Waals surface area contributed by atoms with Gasteiger partial charge in [-0.25, -0.2) is 4.79 Å². The predicted octanol–water partition coefficient (Wildman–Crippen LogP) is -0.0815. The third-order valence-electron chi connectivity index (χ3n) is 3.56. The number of para-hydroxylation sites is 1. The number of nitrogens with zero attached hydrogens (tertiary/aromatic N) is 1. The summed E-state index contributed by atoms with van der Waals surface area (Å²) in [4.78, 5) is 36.1. The van der Waals surface area contributed by atoms with Crippen LogP contribution in [0, 0.1) is 0 Å². The van der Waals surface area contributed by atoms with Crippen molar-refractivity contribution in [1.29, 1.82) is 0 Å². The number of carboxylic acid groups (broad SMARTS) is 1. The van der Waals surface area contributed by atoms with Crippen LogP contribution in [0.25, 0.3) is 0 Å². The van der Waals surface area contributed by atoms with Crippen molar-refractivity contribution in [3.05, 3.63) is 30.3 Å². The van der Waals surface area contributed by atoms with Crippen molar-refractivity contribution in [1.82, 2.24) is 10.2 Å². The zero-order valence-corrected chi connectivity index (χ0v) is 12.3. The fourth-order valence-corrected chi connectivity index (χ4v) is 3.94. The van der Waals surface area contributed by atoms with Gasteiger partial charge in [-0.15, -0.1) is 11.8 Å². The minimum atomic E-state index is -1.01. The molecule has 3 atom stereocenters. The monoisotopic (exact) mass is 322 g/mol. The van der Waals surface area contributed by atoms with Crippen molar-refractivity contribution in [2.75, 3.05) is 12.4 Å². The third kappa shape index (κ3) is 2.61. The van der Waals surface area contributed by atoms with E-state index >= 15 is 0 Å². The fourth-order valence-electron chi connectivity index (χ4n) is 2.47. The molecule has 2 saturated heterocycles. The van der Waals surface area contributed by atoms with Gasteiger partial charge >= 0.3 is 5.97 Å². The number of carbonyl (C=O) groups is 3. The lowest BCUT2D eigenvalue weighted by atomic mass is 10.0.